The van der Waals surface area contributed by atoms with Crippen molar-refractivity contribution in [2.45, 2.75) is 13.0 Å². The number of aromatic nitrogens is 2. The van der Waals surface area contributed by atoms with Crippen molar-refractivity contribution in [1.29, 1.82) is 0 Å². The van der Waals surface area contributed by atoms with E-state index in [1.54, 1.807) is 30.7 Å². The zero-order chi connectivity index (χ0) is 10.8. The summed E-state index contributed by atoms with van der Waals surface area (Å²) in [5.41, 5.74) is 2.02. The Kier molecular flexibility index (Phi) is 2.55. The van der Waals surface area contributed by atoms with E-state index in [9.17, 15) is 4.79 Å². The summed E-state index contributed by atoms with van der Waals surface area (Å²) in [5, 5.41) is 16.8. The van der Waals surface area contributed by atoms with Gasteiger partial charge in [0.15, 0.2) is 0 Å². The molecule has 78 valence electrons. The van der Waals surface area contributed by atoms with Gasteiger partial charge in [-0.3, -0.25) is 4.68 Å². The molecule has 0 saturated carbocycles. The molecule has 0 bridgehead atoms. The van der Waals surface area contributed by atoms with Crippen molar-refractivity contribution in [2.24, 2.45) is 0 Å². The summed E-state index contributed by atoms with van der Waals surface area (Å²) >= 11 is 1.61. The topological polar surface area (TPSA) is 55.1 Å². The van der Waals surface area contributed by atoms with Gasteiger partial charge in [0.1, 0.15) is 6.04 Å². The second kappa shape index (κ2) is 3.86. The Morgan fingerprint density at radius 2 is 2.40 bits per heavy atom. The zero-order valence-electron chi connectivity index (χ0n) is 8.12. The average molecular weight is 222 g/mol. The van der Waals surface area contributed by atoms with E-state index >= 15 is 0 Å². The third-order valence-corrected chi connectivity index (χ3v) is 2.89. The standard InChI is InChI=1S/C10H10N2O2S/c1-7(10(13)14)12-5-9(4-11-12)8-2-3-15-6-8/h2-7H,1H3,(H,13,14)/t7-/m0/s1. The maximum atomic E-state index is 10.7. The van der Waals surface area contributed by atoms with E-state index in [4.69, 9.17) is 5.11 Å². The molecule has 0 spiro atoms. The van der Waals surface area contributed by atoms with E-state index in [0.717, 1.165) is 11.1 Å². The molecule has 2 aromatic rings. The van der Waals surface area contributed by atoms with Gasteiger partial charge in [0.25, 0.3) is 0 Å². The molecule has 0 amide bonds. The molecule has 0 radical (unpaired) electrons. The highest BCUT2D eigenvalue weighted by molar-refractivity contribution is 7.08. The van der Waals surface area contributed by atoms with Crippen LogP contribution in [-0.2, 0) is 4.79 Å². The van der Waals surface area contributed by atoms with Crippen molar-refractivity contribution in [3.05, 3.63) is 29.2 Å². The molecule has 2 aromatic heterocycles. The Morgan fingerprint density at radius 3 is 3.00 bits per heavy atom. The summed E-state index contributed by atoms with van der Waals surface area (Å²) < 4.78 is 1.45. The lowest BCUT2D eigenvalue weighted by molar-refractivity contribution is -0.140. The summed E-state index contributed by atoms with van der Waals surface area (Å²) in [7, 11) is 0. The Balaban J connectivity index is 2.28. The van der Waals surface area contributed by atoms with E-state index in [1.165, 1.54) is 4.68 Å². The number of carbonyl (C=O) groups is 1. The first-order valence-electron chi connectivity index (χ1n) is 4.48. The van der Waals surface area contributed by atoms with Crippen LogP contribution in [0, 0.1) is 0 Å². The summed E-state index contributed by atoms with van der Waals surface area (Å²) in [6.45, 7) is 1.60. The van der Waals surface area contributed by atoms with Crippen LogP contribution in [0.4, 0.5) is 0 Å². The lowest BCUT2D eigenvalue weighted by atomic mass is 10.2. The number of rotatable bonds is 3. The molecule has 0 unspecified atom stereocenters. The predicted octanol–water partition coefficient (Wildman–Crippen LogP) is 2.26. The monoisotopic (exact) mass is 222 g/mol. The third kappa shape index (κ3) is 1.92. The van der Waals surface area contributed by atoms with Gasteiger partial charge in [0, 0.05) is 11.8 Å². The van der Waals surface area contributed by atoms with Crippen LogP contribution in [0.3, 0.4) is 0 Å². The van der Waals surface area contributed by atoms with E-state index in [0.29, 0.717) is 0 Å². The normalized spacial score (nSPS) is 12.6. The first-order valence-corrected chi connectivity index (χ1v) is 5.42. The average Bonchev–Trinajstić information content (AvgIpc) is 2.86. The summed E-state index contributed by atoms with van der Waals surface area (Å²) in [4.78, 5) is 10.7. The van der Waals surface area contributed by atoms with E-state index in [2.05, 4.69) is 5.10 Å². The number of carboxylic acids is 1. The SMILES string of the molecule is C[C@@H](C(=O)O)n1cc(-c2ccsc2)cn1. The molecule has 0 fully saturated rings. The quantitative estimate of drug-likeness (QED) is 0.866. The van der Waals surface area contributed by atoms with Crippen LogP contribution in [-0.4, -0.2) is 20.9 Å². The van der Waals surface area contributed by atoms with Crippen LogP contribution in [0.5, 0.6) is 0 Å². The van der Waals surface area contributed by atoms with Crippen molar-refractivity contribution in [1.82, 2.24) is 9.78 Å². The van der Waals surface area contributed by atoms with Gasteiger partial charge in [0.05, 0.1) is 6.20 Å². The number of thiophene rings is 1. The zero-order valence-corrected chi connectivity index (χ0v) is 8.94. The molecule has 1 N–H and O–H groups in total. The molecule has 15 heavy (non-hydrogen) atoms. The lowest BCUT2D eigenvalue weighted by Gasteiger charge is -2.04. The molecule has 5 heteroatoms. The van der Waals surface area contributed by atoms with Crippen LogP contribution in [0.1, 0.15) is 13.0 Å². The molecule has 4 nitrogen and oxygen atoms in total. The van der Waals surface area contributed by atoms with Crippen molar-refractivity contribution in [2.75, 3.05) is 0 Å². The summed E-state index contributed by atoms with van der Waals surface area (Å²) in [6.07, 6.45) is 3.43. The van der Waals surface area contributed by atoms with Crippen LogP contribution < -0.4 is 0 Å². The first kappa shape index (κ1) is 9.92. The second-order valence-electron chi connectivity index (χ2n) is 3.24. The van der Waals surface area contributed by atoms with Gasteiger partial charge in [-0.1, -0.05) is 0 Å². The smallest absolute Gasteiger partial charge is 0.328 e. The molecule has 0 aromatic carbocycles. The highest BCUT2D eigenvalue weighted by Crippen LogP contribution is 2.22. The molecule has 2 rings (SSSR count). The molecule has 0 aliphatic rings. The maximum Gasteiger partial charge on any atom is 0.328 e. The predicted molar refractivity (Wildman–Crippen MR) is 57.9 cm³/mol. The Morgan fingerprint density at radius 1 is 1.60 bits per heavy atom. The van der Waals surface area contributed by atoms with Gasteiger partial charge in [-0.2, -0.15) is 16.4 Å². The van der Waals surface area contributed by atoms with Crippen LogP contribution in [0.2, 0.25) is 0 Å². The van der Waals surface area contributed by atoms with Gasteiger partial charge < -0.3 is 5.11 Å². The van der Waals surface area contributed by atoms with Gasteiger partial charge in [-0.15, -0.1) is 0 Å². The number of carboxylic acid groups (broad SMARTS) is 1. The molecular formula is C10H10N2O2S. The summed E-state index contributed by atoms with van der Waals surface area (Å²) in [5.74, 6) is -0.880. The third-order valence-electron chi connectivity index (χ3n) is 2.21. The molecular weight excluding hydrogens is 212 g/mol. The summed E-state index contributed by atoms with van der Waals surface area (Å²) in [6, 6.07) is 1.36. The minimum absolute atomic E-state index is 0.627. The minimum Gasteiger partial charge on any atom is -0.480 e. The molecule has 2 heterocycles. The Hall–Kier alpha value is -1.62. The minimum atomic E-state index is -0.880. The molecule has 1 atom stereocenters. The fourth-order valence-corrected chi connectivity index (χ4v) is 1.91. The van der Waals surface area contributed by atoms with Crippen LogP contribution >= 0.6 is 11.3 Å². The van der Waals surface area contributed by atoms with Gasteiger partial charge in [0.2, 0.25) is 0 Å². The fraction of sp³-hybridized carbons (Fsp3) is 0.200. The fourth-order valence-electron chi connectivity index (χ4n) is 1.24. The number of aliphatic carboxylic acids is 1. The second-order valence-corrected chi connectivity index (χ2v) is 4.02. The highest BCUT2D eigenvalue weighted by Gasteiger charge is 2.14. The first-order chi connectivity index (χ1) is 7.18. The number of hydrogen-bond acceptors (Lipinski definition) is 3. The Bertz CT molecular complexity index is 461. The van der Waals surface area contributed by atoms with Crippen molar-refractivity contribution in [3.63, 3.8) is 0 Å². The van der Waals surface area contributed by atoms with E-state index in [-0.39, 0.29) is 0 Å². The van der Waals surface area contributed by atoms with Gasteiger partial charge >= 0.3 is 5.97 Å². The molecule has 0 aliphatic carbocycles. The van der Waals surface area contributed by atoms with E-state index in [1.807, 2.05) is 16.8 Å². The van der Waals surface area contributed by atoms with Crippen molar-refractivity contribution < 1.29 is 9.90 Å². The molecule has 0 aliphatic heterocycles. The lowest BCUT2D eigenvalue weighted by Crippen LogP contribution is -2.15. The van der Waals surface area contributed by atoms with Crippen LogP contribution in [0.25, 0.3) is 11.1 Å². The van der Waals surface area contributed by atoms with Crippen molar-refractivity contribution in [3.8, 4) is 11.1 Å². The number of nitrogens with zero attached hydrogens (tertiary/aromatic N) is 2. The van der Waals surface area contributed by atoms with Crippen LogP contribution in [0.15, 0.2) is 29.2 Å². The Labute approximate surface area is 90.8 Å². The largest absolute Gasteiger partial charge is 0.480 e. The van der Waals surface area contributed by atoms with Gasteiger partial charge in [-0.05, 0) is 29.3 Å². The molecule has 0 saturated heterocycles. The maximum absolute atomic E-state index is 10.7. The van der Waals surface area contributed by atoms with E-state index < -0.39 is 12.0 Å². The van der Waals surface area contributed by atoms with Gasteiger partial charge in [-0.25, -0.2) is 4.79 Å². The van der Waals surface area contributed by atoms with Crippen molar-refractivity contribution >= 4 is 17.3 Å². The highest BCUT2D eigenvalue weighted by atomic mass is 32.1. The number of hydrogen-bond donors (Lipinski definition) is 1.